The molecule has 0 aromatic carbocycles. The maximum Gasteiger partial charge on any atom is 0.321 e. The third kappa shape index (κ3) is 2.67. The zero-order valence-corrected chi connectivity index (χ0v) is 6.65. The zero-order chi connectivity index (χ0) is 9.02. The fourth-order valence-electron chi connectivity index (χ4n) is 0.821. The molecule has 3 N–H and O–H groups in total. The Balaban J connectivity index is 4.25. The average Bonchev–Trinajstić information content (AvgIpc) is 1.88. The standard InChI is InChI=1S/C7H13NO3/c1-4(2)5(3-9)6(8)7(10)11/h3-6H,8H2,1-2H3,(H,10,11). The first-order chi connectivity index (χ1) is 5.00. The summed E-state index contributed by atoms with van der Waals surface area (Å²) in [4.78, 5) is 20.7. The summed E-state index contributed by atoms with van der Waals surface area (Å²) in [5, 5.41) is 8.45. The van der Waals surface area contributed by atoms with Crippen molar-refractivity contribution in [2.24, 2.45) is 17.6 Å². The van der Waals surface area contributed by atoms with Gasteiger partial charge >= 0.3 is 5.97 Å². The summed E-state index contributed by atoms with van der Waals surface area (Å²) in [6.07, 6.45) is 0.601. The molecule has 2 unspecified atom stereocenters. The van der Waals surface area contributed by atoms with Gasteiger partial charge in [-0.05, 0) is 5.92 Å². The van der Waals surface area contributed by atoms with Crippen LogP contribution in [0.25, 0.3) is 0 Å². The minimum absolute atomic E-state index is 0.0291. The van der Waals surface area contributed by atoms with Crippen molar-refractivity contribution in [2.75, 3.05) is 0 Å². The van der Waals surface area contributed by atoms with Gasteiger partial charge in [0.05, 0.1) is 0 Å². The molecule has 0 aliphatic heterocycles. The van der Waals surface area contributed by atoms with E-state index >= 15 is 0 Å². The van der Waals surface area contributed by atoms with Gasteiger partial charge in [-0.2, -0.15) is 0 Å². The van der Waals surface area contributed by atoms with Gasteiger partial charge in [0.2, 0.25) is 0 Å². The third-order valence-electron chi connectivity index (χ3n) is 1.63. The van der Waals surface area contributed by atoms with Crippen LogP contribution in [0.5, 0.6) is 0 Å². The quantitative estimate of drug-likeness (QED) is 0.560. The van der Waals surface area contributed by atoms with Crippen molar-refractivity contribution >= 4 is 12.3 Å². The largest absolute Gasteiger partial charge is 0.480 e. The highest BCUT2D eigenvalue weighted by Gasteiger charge is 2.26. The molecule has 0 saturated heterocycles. The number of aldehydes is 1. The predicted molar refractivity (Wildman–Crippen MR) is 40.0 cm³/mol. The number of carboxylic acid groups (broad SMARTS) is 1. The van der Waals surface area contributed by atoms with Crippen molar-refractivity contribution in [3.8, 4) is 0 Å². The molecule has 0 amide bonds. The summed E-state index contributed by atoms with van der Waals surface area (Å²) in [5.41, 5.74) is 5.24. The summed E-state index contributed by atoms with van der Waals surface area (Å²) in [7, 11) is 0. The van der Waals surface area contributed by atoms with Crippen LogP contribution in [-0.2, 0) is 9.59 Å². The van der Waals surface area contributed by atoms with E-state index in [0.29, 0.717) is 6.29 Å². The molecular formula is C7H13NO3. The summed E-state index contributed by atoms with van der Waals surface area (Å²) in [6, 6.07) is -1.08. The molecule has 4 nitrogen and oxygen atoms in total. The van der Waals surface area contributed by atoms with E-state index in [1.54, 1.807) is 13.8 Å². The second-order valence-electron chi connectivity index (χ2n) is 2.82. The van der Waals surface area contributed by atoms with E-state index in [4.69, 9.17) is 10.8 Å². The average molecular weight is 159 g/mol. The Hall–Kier alpha value is -0.900. The minimum atomic E-state index is -1.13. The first kappa shape index (κ1) is 10.1. The molecular weight excluding hydrogens is 146 g/mol. The Kier molecular flexibility index (Phi) is 3.74. The van der Waals surface area contributed by atoms with Crippen LogP contribution in [0.1, 0.15) is 13.8 Å². The van der Waals surface area contributed by atoms with Gasteiger partial charge in [-0.1, -0.05) is 13.8 Å². The number of carbonyl (C=O) groups is 2. The van der Waals surface area contributed by atoms with Gasteiger partial charge < -0.3 is 15.6 Å². The molecule has 0 aromatic heterocycles. The second-order valence-corrected chi connectivity index (χ2v) is 2.82. The molecule has 0 fully saturated rings. The van der Waals surface area contributed by atoms with Crippen LogP contribution < -0.4 is 5.73 Å². The normalized spacial score (nSPS) is 16.0. The maximum absolute atomic E-state index is 10.3. The van der Waals surface area contributed by atoms with Crippen molar-refractivity contribution in [1.82, 2.24) is 0 Å². The van der Waals surface area contributed by atoms with Gasteiger partial charge in [-0.25, -0.2) is 0 Å². The Morgan fingerprint density at radius 3 is 2.09 bits per heavy atom. The Morgan fingerprint density at radius 2 is 2.00 bits per heavy atom. The molecule has 0 aliphatic carbocycles. The molecule has 0 saturated carbocycles. The number of hydrogen-bond donors (Lipinski definition) is 2. The zero-order valence-electron chi connectivity index (χ0n) is 6.65. The highest BCUT2D eigenvalue weighted by atomic mass is 16.4. The molecule has 0 heterocycles. The molecule has 0 radical (unpaired) electrons. The van der Waals surface area contributed by atoms with Crippen LogP contribution in [0.3, 0.4) is 0 Å². The number of nitrogens with two attached hydrogens (primary N) is 1. The van der Waals surface area contributed by atoms with Gasteiger partial charge in [-0.3, -0.25) is 4.79 Å². The molecule has 64 valence electrons. The molecule has 0 spiro atoms. The van der Waals surface area contributed by atoms with Gasteiger partial charge in [0.15, 0.2) is 0 Å². The fraction of sp³-hybridized carbons (Fsp3) is 0.714. The van der Waals surface area contributed by atoms with Crippen molar-refractivity contribution in [3.05, 3.63) is 0 Å². The highest BCUT2D eigenvalue weighted by molar-refractivity contribution is 5.78. The van der Waals surface area contributed by atoms with Crippen LogP contribution in [-0.4, -0.2) is 23.4 Å². The van der Waals surface area contributed by atoms with Crippen LogP contribution >= 0.6 is 0 Å². The van der Waals surface area contributed by atoms with Crippen LogP contribution in [0.2, 0.25) is 0 Å². The van der Waals surface area contributed by atoms with Crippen LogP contribution in [0, 0.1) is 11.8 Å². The lowest BCUT2D eigenvalue weighted by molar-refractivity contribution is -0.141. The molecule has 2 atom stereocenters. The van der Waals surface area contributed by atoms with Gasteiger partial charge in [0.25, 0.3) is 0 Å². The number of hydrogen-bond acceptors (Lipinski definition) is 3. The Morgan fingerprint density at radius 1 is 1.55 bits per heavy atom. The first-order valence-corrected chi connectivity index (χ1v) is 3.44. The lowest BCUT2D eigenvalue weighted by atomic mass is 9.90. The van der Waals surface area contributed by atoms with Crippen LogP contribution in [0.15, 0.2) is 0 Å². The van der Waals surface area contributed by atoms with E-state index in [9.17, 15) is 9.59 Å². The van der Waals surface area contributed by atoms with Crippen molar-refractivity contribution in [1.29, 1.82) is 0 Å². The molecule has 0 rings (SSSR count). The number of aliphatic carboxylic acids is 1. The first-order valence-electron chi connectivity index (χ1n) is 3.44. The Labute approximate surface area is 65.4 Å². The van der Waals surface area contributed by atoms with E-state index < -0.39 is 17.9 Å². The molecule has 11 heavy (non-hydrogen) atoms. The smallest absolute Gasteiger partial charge is 0.321 e. The molecule has 0 bridgehead atoms. The topological polar surface area (TPSA) is 80.4 Å². The Bertz CT molecular complexity index is 156. The van der Waals surface area contributed by atoms with E-state index in [0.717, 1.165) is 0 Å². The summed E-state index contributed by atoms with van der Waals surface area (Å²) in [5.74, 6) is -1.75. The van der Waals surface area contributed by atoms with Crippen molar-refractivity contribution < 1.29 is 14.7 Å². The lowest BCUT2D eigenvalue weighted by Gasteiger charge is -2.17. The van der Waals surface area contributed by atoms with E-state index in [2.05, 4.69) is 0 Å². The van der Waals surface area contributed by atoms with Crippen molar-refractivity contribution in [2.45, 2.75) is 19.9 Å². The fourth-order valence-corrected chi connectivity index (χ4v) is 0.821. The SMILES string of the molecule is CC(C)C(C=O)C(N)C(=O)O. The number of carboxylic acids is 1. The second kappa shape index (κ2) is 4.08. The molecule has 0 aromatic rings. The highest BCUT2D eigenvalue weighted by Crippen LogP contribution is 2.11. The molecule has 4 heteroatoms. The summed E-state index contributed by atoms with van der Waals surface area (Å²) >= 11 is 0. The lowest BCUT2D eigenvalue weighted by Crippen LogP contribution is -2.41. The summed E-state index contributed by atoms with van der Waals surface area (Å²) < 4.78 is 0. The number of carbonyl (C=O) groups excluding carboxylic acids is 1. The third-order valence-corrected chi connectivity index (χ3v) is 1.63. The van der Waals surface area contributed by atoms with Gasteiger partial charge in [-0.15, -0.1) is 0 Å². The monoisotopic (exact) mass is 159 g/mol. The van der Waals surface area contributed by atoms with Gasteiger partial charge in [0.1, 0.15) is 12.3 Å². The maximum atomic E-state index is 10.3. The van der Waals surface area contributed by atoms with Crippen molar-refractivity contribution in [3.63, 3.8) is 0 Å². The number of rotatable bonds is 4. The van der Waals surface area contributed by atoms with E-state index in [1.807, 2.05) is 0 Å². The summed E-state index contributed by atoms with van der Waals surface area (Å²) in [6.45, 7) is 3.53. The predicted octanol–water partition coefficient (Wildman–Crippen LogP) is -0.131. The van der Waals surface area contributed by atoms with Crippen LogP contribution in [0.4, 0.5) is 0 Å². The van der Waals surface area contributed by atoms with E-state index in [1.165, 1.54) is 0 Å². The van der Waals surface area contributed by atoms with Gasteiger partial charge in [0, 0.05) is 5.92 Å². The van der Waals surface area contributed by atoms with E-state index in [-0.39, 0.29) is 5.92 Å². The minimum Gasteiger partial charge on any atom is -0.480 e. The molecule has 0 aliphatic rings.